The highest BCUT2D eigenvalue weighted by molar-refractivity contribution is 6.31. The number of anilines is 3. The number of hydrogen-bond acceptors (Lipinski definition) is 6. The number of nitrogens with one attached hydrogen (secondary N) is 1. The molecule has 0 spiro atoms. The van der Waals surface area contributed by atoms with Crippen LogP contribution in [0.3, 0.4) is 0 Å². The largest absolute Gasteiger partial charge is 0.394 e. The first-order valence-corrected chi connectivity index (χ1v) is 8.78. The molecule has 136 valence electrons. The quantitative estimate of drug-likeness (QED) is 0.709. The smallest absolute Gasteiger partial charge is 0.160 e. The second kappa shape index (κ2) is 7.43. The molecule has 2 aromatic heterocycles. The van der Waals surface area contributed by atoms with Crippen LogP contribution in [0.4, 0.5) is 17.2 Å². The average molecular weight is 372 g/mol. The highest BCUT2D eigenvalue weighted by Gasteiger charge is 2.14. The van der Waals surface area contributed by atoms with Crippen molar-refractivity contribution in [2.24, 2.45) is 0 Å². The van der Waals surface area contributed by atoms with Crippen molar-refractivity contribution in [3.63, 3.8) is 0 Å². The molecule has 3 aromatic rings. The van der Waals surface area contributed by atoms with Gasteiger partial charge in [0.05, 0.1) is 24.0 Å². The van der Waals surface area contributed by atoms with Gasteiger partial charge in [-0.05, 0) is 44.5 Å². The summed E-state index contributed by atoms with van der Waals surface area (Å²) in [6.45, 7) is 5.82. The Labute approximate surface area is 157 Å². The molecule has 6 nitrogen and oxygen atoms in total. The second-order valence-corrected chi connectivity index (χ2v) is 6.77. The van der Waals surface area contributed by atoms with Crippen LogP contribution in [0.2, 0.25) is 5.02 Å². The van der Waals surface area contributed by atoms with Gasteiger partial charge in [0, 0.05) is 23.8 Å². The van der Waals surface area contributed by atoms with Crippen LogP contribution < -0.4 is 10.2 Å². The monoisotopic (exact) mass is 371 g/mol. The van der Waals surface area contributed by atoms with Gasteiger partial charge < -0.3 is 15.3 Å². The third-order valence-electron chi connectivity index (χ3n) is 4.49. The van der Waals surface area contributed by atoms with Gasteiger partial charge in [-0.2, -0.15) is 0 Å². The molecule has 3 rings (SSSR count). The van der Waals surface area contributed by atoms with Crippen molar-refractivity contribution >= 4 is 39.8 Å². The summed E-state index contributed by atoms with van der Waals surface area (Å²) in [6.07, 6.45) is 1.77. The number of halogens is 1. The number of pyridine rings is 1. The van der Waals surface area contributed by atoms with Gasteiger partial charge >= 0.3 is 0 Å². The molecule has 0 unspecified atom stereocenters. The number of aliphatic hydroxyl groups excluding tert-OH is 1. The first-order chi connectivity index (χ1) is 12.4. The molecule has 0 amide bonds. The fraction of sp³-hybridized carbons (Fsp3) is 0.316. The zero-order valence-corrected chi connectivity index (χ0v) is 16.0. The van der Waals surface area contributed by atoms with Crippen molar-refractivity contribution in [3.05, 3.63) is 46.9 Å². The Bertz CT molecular complexity index is 947. The molecular weight excluding hydrogens is 350 g/mol. The van der Waals surface area contributed by atoms with Gasteiger partial charge in [-0.1, -0.05) is 17.7 Å². The Kier molecular flexibility index (Phi) is 5.25. The van der Waals surface area contributed by atoms with E-state index in [0.717, 1.165) is 22.5 Å². The van der Waals surface area contributed by atoms with Crippen molar-refractivity contribution in [3.8, 4) is 0 Å². The summed E-state index contributed by atoms with van der Waals surface area (Å²) in [6, 6.07) is 7.65. The zero-order valence-electron chi connectivity index (χ0n) is 15.3. The summed E-state index contributed by atoms with van der Waals surface area (Å²) in [4.78, 5) is 15.6. The van der Waals surface area contributed by atoms with Crippen molar-refractivity contribution < 1.29 is 5.11 Å². The van der Waals surface area contributed by atoms with E-state index in [1.54, 1.807) is 6.20 Å². The van der Waals surface area contributed by atoms with E-state index >= 15 is 0 Å². The van der Waals surface area contributed by atoms with Crippen LogP contribution in [0.25, 0.3) is 11.0 Å². The molecule has 26 heavy (non-hydrogen) atoms. The molecule has 2 heterocycles. The molecule has 0 aliphatic heterocycles. The predicted octanol–water partition coefficient (Wildman–Crippen LogP) is 3.86. The Balaban J connectivity index is 2.05. The van der Waals surface area contributed by atoms with Gasteiger partial charge in [0.15, 0.2) is 5.82 Å². The van der Waals surface area contributed by atoms with Crippen molar-refractivity contribution in [1.29, 1.82) is 0 Å². The van der Waals surface area contributed by atoms with Gasteiger partial charge in [0.2, 0.25) is 0 Å². The molecule has 1 atom stereocenters. The number of aryl methyl sites for hydroxylation is 1. The Morgan fingerprint density at radius 2 is 2.04 bits per heavy atom. The maximum Gasteiger partial charge on any atom is 0.160 e. The minimum atomic E-state index is -0.0103. The Hall–Kier alpha value is -2.44. The van der Waals surface area contributed by atoms with Crippen LogP contribution in [0, 0.1) is 13.8 Å². The molecule has 0 saturated heterocycles. The lowest BCUT2D eigenvalue weighted by Crippen LogP contribution is -2.31. The van der Waals surface area contributed by atoms with Crippen LogP contribution in [-0.4, -0.2) is 39.8 Å². The molecule has 1 aromatic carbocycles. The molecule has 0 radical (unpaired) electrons. The Morgan fingerprint density at radius 3 is 2.77 bits per heavy atom. The molecule has 0 bridgehead atoms. The van der Waals surface area contributed by atoms with E-state index in [4.69, 9.17) is 11.6 Å². The van der Waals surface area contributed by atoms with Gasteiger partial charge in [-0.3, -0.25) is 0 Å². The zero-order chi connectivity index (χ0) is 18.8. The number of rotatable bonds is 5. The molecule has 7 heteroatoms. The minimum Gasteiger partial charge on any atom is -0.394 e. The number of benzene rings is 1. The highest BCUT2D eigenvalue weighted by Crippen LogP contribution is 2.29. The topological polar surface area (TPSA) is 74.2 Å². The molecular formula is C19H22ClN5O. The fourth-order valence-corrected chi connectivity index (χ4v) is 2.83. The molecule has 0 saturated carbocycles. The fourth-order valence-electron chi connectivity index (χ4n) is 2.65. The van der Waals surface area contributed by atoms with Crippen LogP contribution in [0.1, 0.15) is 18.3 Å². The standard InChI is InChI=1S/C19H22ClN5O/c1-11(10-26)25(4)14-8-17-18(21-9-14)19(23-13(3)22-17)24-16-7-5-6-15(20)12(16)2/h5-9,11,26H,10H2,1-4H3,(H,22,23,24)/t11-/m0/s1. The Morgan fingerprint density at radius 1 is 1.27 bits per heavy atom. The van der Waals surface area contributed by atoms with Crippen LogP contribution >= 0.6 is 11.6 Å². The minimum absolute atomic E-state index is 0.0103. The van der Waals surface area contributed by atoms with E-state index in [1.165, 1.54) is 0 Å². The number of hydrogen-bond donors (Lipinski definition) is 2. The molecule has 2 N–H and O–H groups in total. The van der Waals surface area contributed by atoms with E-state index in [-0.39, 0.29) is 12.6 Å². The molecule has 0 aliphatic rings. The predicted molar refractivity (Wildman–Crippen MR) is 106 cm³/mol. The third kappa shape index (κ3) is 3.57. The van der Waals surface area contributed by atoms with Gasteiger partial charge in [0.1, 0.15) is 11.3 Å². The summed E-state index contributed by atoms with van der Waals surface area (Å²) in [7, 11) is 1.92. The summed E-state index contributed by atoms with van der Waals surface area (Å²) in [5.74, 6) is 1.29. The van der Waals surface area contributed by atoms with E-state index in [1.807, 2.05) is 57.0 Å². The highest BCUT2D eigenvalue weighted by atomic mass is 35.5. The third-order valence-corrected chi connectivity index (χ3v) is 4.90. The van der Waals surface area contributed by atoms with Crippen molar-refractivity contribution in [1.82, 2.24) is 15.0 Å². The van der Waals surface area contributed by atoms with Crippen molar-refractivity contribution in [2.75, 3.05) is 23.9 Å². The summed E-state index contributed by atoms with van der Waals surface area (Å²) in [5, 5.41) is 13.4. The second-order valence-electron chi connectivity index (χ2n) is 6.36. The molecule has 0 fully saturated rings. The normalized spacial score (nSPS) is 12.2. The number of aromatic nitrogens is 3. The summed E-state index contributed by atoms with van der Waals surface area (Å²) < 4.78 is 0. The van der Waals surface area contributed by atoms with Gasteiger partial charge in [0.25, 0.3) is 0 Å². The van der Waals surface area contributed by atoms with E-state index in [9.17, 15) is 5.11 Å². The summed E-state index contributed by atoms with van der Waals surface area (Å²) >= 11 is 6.21. The number of nitrogens with zero attached hydrogens (tertiary/aromatic N) is 4. The van der Waals surface area contributed by atoms with E-state index < -0.39 is 0 Å². The first kappa shape index (κ1) is 18.4. The maximum absolute atomic E-state index is 9.37. The van der Waals surface area contributed by atoms with Gasteiger partial charge in [-0.25, -0.2) is 15.0 Å². The number of aliphatic hydroxyl groups is 1. The number of likely N-dealkylation sites (N-methyl/N-ethyl adjacent to an activating group) is 1. The lowest BCUT2D eigenvalue weighted by Gasteiger charge is -2.25. The average Bonchev–Trinajstić information content (AvgIpc) is 2.63. The number of fused-ring (bicyclic) bond motifs is 1. The van der Waals surface area contributed by atoms with Crippen LogP contribution in [0.15, 0.2) is 30.5 Å². The SMILES string of the molecule is Cc1nc(Nc2cccc(Cl)c2C)c2ncc(N(C)[C@@H](C)CO)cc2n1. The first-order valence-electron chi connectivity index (χ1n) is 8.41. The molecule has 0 aliphatic carbocycles. The maximum atomic E-state index is 9.37. The van der Waals surface area contributed by atoms with Crippen LogP contribution in [-0.2, 0) is 0 Å². The summed E-state index contributed by atoms with van der Waals surface area (Å²) in [5.41, 5.74) is 4.15. The lowest BCUT2D eigenvalue weighted by atomic mass is 10.2. The van der Waals surface area contributed by atoms with E-state index in [0.29, 0.717) is 22.2 Å². The van der Waals surface area contributed by atoms with Gasteiger partial charge in [-0.15, -0.1) is 0 Å². The van der Waals surface area contributed by atoms with E-state index in [2.05, 4.69) is 20.3 Å². The van der Waals surface area contributed by atoms with Crippen LogP contribution in [0.5, 0.6) is 0 Å². The lowest BCUT2D eigenvalue weighted by molar-refractivity contribution is 0.270. The van der Waals surface area contributed by atoms with Crippen molar-refractivity contribution in [2.45, 2.75) is 26.8 Å².